The van der Waals surface area contributed by atoms with Gasteiger partial charge in [-0.3, -0.25) is 0 Å². The average molecular weight is 334 g/mol. The van der Waals surface area contributed by atoms with E-state index in [0.29, 0.717) is 5.88 Å². The van der Waals surface area contributed by atoms with E-state index in [-0.39, 0.29) is 12.2 Å². The summed E-state index contributed by atoms with van der Waals surface area (Å²) >= 11 is 2.34. The van der Waals surface area contributed by atoms with E-state index in [1.165, 1.54) is 0 Å². The van der Waals surface area contributed by atoms with Crippen LogP contribution in [-0.2, 0) is 4.74 Å². The van der Waals surface area contributed by atoms with Gasteiger partial charge in [-0.1, -0.05) is 0 Å². The molecule has 2 unspecified atom stereocenters. The predicted octanol–water partition coefficient (Wildman–Crippen LogP) is 2.20. The molecular formula is C11H15IN2O2. The molecular weight excluding hydrogens is 319 g/mol. The molecule has 0 bridgehead atoms. The van der Waals surface area contributed by atoms with E-state index in [4.69, 9.17) is 9.47 Å². The molecule has 16 heavy (non-hydrogen) atoms. The van der Waals surface area contributed by atoms with Gasteiger partial charge in [-0.2, -0.15) is 0 Å². The Morgan fingerprint density at radius 1 is 1.56 bits per heavy atom. The zero-order chi connectivity index (χ0) is 11.5. The van der Waals surface area contributed by atoms with E-state index in [0.717, 1.165) is 18.7 Å². The maximum absolute atomic E-state index is 5.91. The smallest absolute Gasteiger partial charge is 0.213 e. The zero-order valence-electron chi connectivity index (χ0n) is 9.39. The molecule has 2 rings (SSSR count). The van der Waals surface area contributed by atoms with Gasteiger partial charge in [-0.15, -0.1) is 0 Å². The number of morpholine rings is 1. The summed E-state index contributed by atoms with van der Waals surface area (Å²) in [6.07, 6.45) is 2.13. The predicted molar refractivity (Wildman–Crippen MR) is 69.7 cm³/mol. The molecule has 2 heterocycles. The lowest BCUT2D eigenvalue weighted by Crippen LogP contribution is -2.37. The van der Waals surface area contributed by atoms with Crippen molar-refractivity contribution in [2.45, 2.75) is 19.1 Å². The summed E-state index contributed by atoms with van der Waals surface area (Å²) in [6.45, 7) is 3.97. The topological polar surface area (TPSA) is 34.6 Å². The minimum Gasteiger partial charge on any atom is -0.481 e. The average Bonchev–Trinajstić information content (AvgIpc) is 2.28. The van der Waals surface area contributed by atoms with Gasteiger partial charge in [0.1, 0.15) is 0 Å². The van der Waals surface area contributed by atoms with Crippen LogP contribution >= 0.6 is 22.9 Å². The van der Waals surface area contributed by atoms with Gasteiger partial charge in [0.2, 0.25) is 5.88 Å². The summed E-state index contributed by atoms with van der Waals surface area (Å²) < 4.78 is 13.3. The van der Waals surface area contributed by atoms with Gasteiger partial charge in [0.15, 0.2) is 0 Å². The fraction of sp³-hybridized carbons (Fsp3) is 0.545. The van der Waals surface area contributed by atoms with Crippen LogP contribution in [0.1, 0.15) is 18.6 Å². The number of nitrogens with zero attached hydrogens (tertiary/aromatic N) is 2. The van der Waals surface area contributed by atoms with Crippen LogP contribution in [-0.4, -0.2) is 34.4 Å². The molecule has 2 atom stereocenters. The third-order valence-electron chi connectivity index (χ3n) is 2.56. The Morgan fingerprint density at radius 2 is 2.38 bits per heavy atom. The fourth-order valence-corrected chi connectivity index (χ4v) is 2.73. The molecule has 0 aliphatic carbocycles. The zero-order valence-corrected chi connectivity index (χ0v) is 11.5. The Labute approximate surface area is 109 Å². The summed E-state index contributed by atoms with van der Waals surface area (Å²) in [4.78, 5) is 4.10. The monoisotopic (exact) mass is 334 g/mol. The van der Waals surface area contributed by atoms with Crippen LogP contribution in [0.5, 0.6) is 5.88 Å². The van der Waals surface area contributed by atoms with Gasteiger partial charge in [-0.25, -0.2) is 8.10 Å². The molecule has 1 saturated heterocycles. The number of ether oxygens (including phenoxy) is 2. The largest absolute Gasteiger partial charge is 0.481 e. The highest BCUT2D eigenvalue weighted by Crippen LogP contribution is 2.27. The number of rotatable bonds is 2. The molecule has 5 heteroatoms. The van der Waals surface area contributed by atoms with Crippen molar-refractivity contribution in [1.29, 1.82) is 0 Å². The molecule has 1 aromatic heterocycles. The molecule has 0 spiro atoms. The highest BCUT2D eigenvalue weighted by atomic mass is 127. The quantitative estimate of drug-likeness (QED) is 0.614. The van der Waals surface area contributed by atoms with Crippen LogP contribution in [0, 0.1) is 0 Å². The SMILES string of the molecule is COc1cc(C2CN(I)CC(C)O2)ccn1. The summed E-state index contributed by atoms with van der Waals surface area (Å²) in [7, 11) is 1.63. The summed E-state index contributed by atoms with van der Waals surface area (Å²) in [5, 5.41) is 0. The Hall–Kier alpha value is -0.400. The maximum atomic E-state index is 5.91. The van der Waals surface area contributed by atoms with Crippen molar-refractivity contribution in [1.82, 2.24) is 8.10 Å². The van der Waals surface area contributed by atoms with Gasteiger partial charge >= 0.3 is 0 Å². The molecule has 0 aromatic carbocycles. The van der Waals surface area contributed by atoms with Gasteiger partial charge in [-0.05, 0) is 18.6 Å². The lowest BCUT2D eigenvalue weighted by molar-refractivity contribution is -0.0487. The summed E-state index contributed by atoms with van der Waals surface area (Å²) in [5.74, 6) is 0.638. The first-order valence-electron chi connectivity index (χ1n) is 5.25. The lowest BCUT2D eigenvalue weighted by Gasteiger charge is -2.33. The molecule has 0 amide bonds. The van der Waals surface area contributed by atoms with Crippen molar-refractivity contribution in [2.24, 2.45) is 0 Å². The van der Waals surface area contributed by atoms with Crippen LogP contribution in [0.15, 0.2) is 18.3 Å². The van der Waals surface area contributed by atoms with Crippen LogP contribution in [0.3, 0.4) is 0 Å². The number of methoxy groups -OCH3 is 1. The third kappa shape index (κ3) is 2.83. The number of halogens is 1. The Bertz CT molecular complexity index is 352. The molecule has 0 radical (unpaired) electrons. The number of aromatic nitrogens is 1. The minimum absolute atomic E-state index is 0.109. The van der Waals surface area contributed by atoms with Gasteiger partial charge in [0.05, 0.1) is 19.3 Å². The van der Waals surface area contributed by atoms with Gasteiger partial charge in [0, 0.05) is 48.2 Å². The van der Waals surface area contributed by atoms with E-state index in [1.807, 2.05) is 12.1 Å². The van der Waals surface area contributed by atoms with Crippen molar-refractivity contribution < 1.29 is 9.47 Å². The van der Waals surface area contributed by atoms with Crippen LogP contribution in [0.4, 0.5) is 0 Å². The molecule has 88 valence electrons. The van der Waals surface area contributed by atoms with E-state index >= 15 is 0 Å². The molecule has 1 aromatic rings. The summed E-state index contributed by atoms with van der Waals surface area (Å²) in [6, 6.07) is 3.92. The number of hydrogen-bond donors (Lipinski definition) is 0. The maximum Gasteiger partial charge on any atom is 0.213 e. The number of hydrogen-bond acceptors (Lipinski definition) is 4. The van der Waals surface area contributed by atoms with Crippen molar-refractivity contribution in [2.75, 3.05) is 20.2 Å². The molecule has 0 N–H and O–H groups in total. The van der Waals surface area contributed by atoms with Crippen molar-refractivity contribution >= 4 is 22.9 Å². The number of pyridine rings is 1. The summed E-state index contributed by atoms with van der Waals surface area (Å²) in [5.41, 5.74) is 1.13. The van der Waals surface area contributed by atoms with E-state index < -0.39 is 0 Å². The Morgan fingerprint density at radius 3 is 3.06 bits per heavy atom. The highest BCUT2D eigenvalue weighted by molar-refractivity contribution is 14.1. The normalized spacial score (nSPS) is 26.7. The van der Waals surface area contributed by atoms with Crippen LogP contribution in [0.2, 0.25) is 0 Å². The van der Waals surface area contributed by atoms with Crippen LogP contribution in [0.25, 0.3) is 0 Å². The molecule has 1 aliphatic heterocycles. The first kappa shape index (κ1) is 12.1. The second-order valence-corrected chi connectivity index (χ2v) is 5.26. The Balaban J connectivity index is 2.16. The van der Waals surface area contributed by atoms with Crippen LogP contribution < -0.4 is 4.74 Å². The Kier molecular flexibility index (Phi) is 3.99. The van der Waals surface area contributed by atoms with Crippen molar-refractivity contribution in [3.05, 3.63) is 23.9 Å². The second kappa shape index (κ2) is 5.29. The lowest BCUT2D eigenvalue weighted by atomic mass is 10.1. The fourth-order valence-electron chi connectivity index (χ4n) is 1.82. The van der Waals surface area contributed by atoms with Crippen molar-refractivity contribution in [3.8, 4) is 5.88 Å². The molecule has 0 saturated carbocycles. The molecule has 1 aliphatic rings. The van der Waals surface area contributed by atoms with Gasteiger partial charge in [0.25, 0.3) is 0 Å². The first-order valence-corrected chi connectivity index (χ1v) is 6.21. The second-order valence-electron chi connectivity index (χ2n) is 3.89. The molecule has 1 fully saturated rings. The standard InChI is InChI=1S/C11H15IN2O2/c1-8-6-14(12)7-10(16-8)9-3-4-13-11(5-9)15-2/h3-5,8,10H,6-7H2,1-2H3. The third-order valence-corrected chi connectivity index (χ3v) is 3.34. The molecule has 4 nitrogen and oxygen atoms in total. The van der Waals surface area contributed by atoms with Gasteiger partial charge < -0.3 is 9.47 Å². The van der Waals surface area contributed by atoms with Crippen molar-refractivity contribution in [3.63, 3.8) is 0 Å². The first-order chi connectivity index (χ1) is 7.69. The highest BCUT2D eigenvalue weighted by Gasteiger charge is 2.25. The van der Waals surface area contributed by atoms with E-state index in [2.05, 4.69) is 37.9 Å². The van der Waals surface area contributed by atoms with E-state index in [1.54, 1.807) is 13.3 Å². The minimum atomic E-state index is 0.109. The van der Waals surface area contributed by atoms with E-state index in [9.17, 15) is 0 Å².